The molecule has 0 radical (unpaired) electrons. The van der Waals surface area contributed by atoms with Crippen LogP contribution in [-0.2, 0) is 11.2 Å². The number of benzene rings is 2. The average Bonchev–Trinajstić information content (AvgIpc) is 2.49. The SMILES string of the molecule is O=C(CCNc1cccc(Cl)c1)NCCc1ccc(Cl)cc1. The largest absolute Gasteiger partial charge is 0.384 e. The number of hydrogen-bond donors (Lipinski definition) is 2. The highest BCUT2D eigenvalue weighted by atomic mass is 35.5. The molecule has 1 amide bonds. The van der Waals surface area contributed by atoms with Crippen molar-refractivity contribution in [3.05, 3.63) is 64.1 Å². The third-order valence-corrected chi connectivity index (χ3v) is 3.64. The molecule has 2 rings (SSSR count). The number of halogens is 2. The Morgan fingerprint density at radius 2 is 1.73 bits per heavy atom. The van der Waals surface area contributed by atoms with Gasteiger partial charge >= 0.3 is 0 Å². The molecule has 0 aliphatic heterocycles. The first kappa shape index (κ1) is 16.7. The molecular formula is C17H18Cl2N2O. The van der Waals surface area contributed by atoms with Crippen LogP contribution in [0, 0.1) is 0 Å². The number of carbonyl (C=O) groups excluding carboxylic acids is 1. The quantitative estimate of drug-likeness (QED) is 0.797. The highest BCUT2D eigenvalue weighted by Crippen LogP contribution is 2.14. The summed E-state index contributed by atoms with van der Waals surface area (Å²) < 4.78 is 0. The standard InChI is InChI=1S/C17H18Cl2N2O/c18-14-6-4-13(5-7-14)8-10-21-17(22)9-11-20-16-3-1-2-15(19)12-16/h1-7,12,20H,8-11H2,(H,21,22). The molecule has 0 aliphatic carbocycles. The molecule has 0 heterocycles. The summed E-state index contributed by atoms with van der Waals surface area (Å²) in [6.45, 7) is 1.20. The minimum absolute atomic E-state index is 0.0310. The average molecular weight is 337 g/mol. The molecule has 2 aromatic carbocycles. The summed E-state index contributed by atoms with van der Waals surface area (Å²) in [5, 5.41) is 7.48. The molecule has 2 aromatic rings. The molecule has 0 aliphatic rings. The summed E-state index contributed by atoms with van der Waals surface area (Å²) in [5.74, 6) is 0.0310. The molecular weight excluding hydrogens is 319 g/mol. The van der Waals surface area contributed by atoms with E-state index in [4.69, 9.17) is 23.2 Å². The normalized spacial score (nSPS) is 10.3. The van der Waals surface area contributed by atoms with Gasteiger partial charge in [0.25, 0.3) is 0 Å². The predicted octanol–water partition coefficient (Wildman–Crippen LogP) is 4.15. The second-order valence-corrected chi connectivity index (χ2v) is 5.79. The van der Waals surface area contributed by atoms with Crippen molar-refractivity contribution in [2.45, 2.75) is 12.8 Å². The van der Waals surface area contributed by atoms with E-state index in [1.54, 1.807) is 0 Å². The maximum absolute atomic E-state index is 11.7. The molecule has 5 heteroatoms. The third kappa shape index (κ3) is 5.96. The highest BCUT2D eigenvalue weighted by molar-refractivity contribution is 6.31. The van der Waals surface area contributed by atoms with E-state index in [1.165, 1.54) is 0 Å². The topological polar surface area (TPSA) is 41.1 Å². The lowest BCUT2D eigenvalue weighted by Crippen LogP contribution is -2.27. The van der Waals surface area contributed by atoms with Gasteiger partial charge in [-0.3, -0.25) is 4.79 Å². The van der Waals surface area contributed by atoms with Gasteiger partial charge in [-0.15, -0.1) is 0 Å². The van der Waals surface area contributed by atoms with Gasteiger partial charge in [-0.25, -0.2) is 0 Å². The van der Waals surface area contributed by atoms with Crippen molar-refractivity contribution in [2.24, 2.45) is 0 Å². The molecule has 22 heavy (non-hydrogen) atoms. The summed E-state index contributed by atoms with van der Waals surface area (Å²) in [5.41, 5.74) is 2.07. The van der Waals surface area contributed by atoms with Crippen LogP contribution in [0.1, 0.15) is 12.0 Å². The fourth-order valence-electron chi connectivity index (χ4n) is 2.00. The van der Waals surface area contributed by atoms with E-state index in [-0.39, 0.29) is 5.91 Å². The zero-order valence-electron chi connectivity index (χ0n) is 12.1. The van der Waals surface area contributed by atoms with Crippen molar-refractivity contribution >= 4 is 34.8 Å². The fourth-order valence-corrected chi connectivity index (χ4v) is 2.32. The fraction of sp³-hybridized carbons (Fsp3) is 0.235. The first-order chi connectivity index (χ1) is 10.6. The monoisotopic (exact) mass is 336 g/mol. The molecule has 0 unspecified atom stereocenters. The van der Waals surface area contributed by atoms with E-state index >= 15 is 0 Å². The van der Waals surface area contributed by atoms with Gasteiger partial charge in [-0.05, 0) is 42.3 Å². The summed E-state index contributed by atoms with van der Waals surface area (Å²) in [6.07, 6.45) is 1.22. The van der Waals surface area contributed by atoms with E-state index in [2.05, 4.69) is 10.6 Å². The minimum Gasteiger partial charge on any atom is -0.384 e. The Morgan fingerprint density at radius 3 is 2.45 bits per heavy atom. The van der Waals surface area contributed by atoms with Crippen LogP contribution in [-0.4, -0.2) is 19.0 Å². The summed E-state index contributed by atoms with van der Waals surface area (Å²) in [6, 6.07) is 15.1. The number of hydrogen-bond acceptors (Lipinski definition) is 2. The van der Waals surface area contributed by atoms with Crippen LogP contribution in [0.25, 0.3) is 0 Å². The molecule has 116 valence electrons. The number of rotatable bonds is 7. The first-order valence-electron chi connectivity index (χ1n) is 7.14. The molecule has 0 aromatic heterocycles. The number of carbonyl (C=O) groups is 1. The second-order valence-electron chi connectivity index (χ2n) is 4.91. The van der Waals surface area contributed by atoms with Crippen LogP contribution in [0.5, 0.6) is 0 Å². The van der Waals surface area contributed by atoms with Gasteiger partial charge < -0.3 is 10.6 Å². The summed E-state index contributed by atoms with van der Waals surface area (Å²) >= 11 is 11.7. The van der Waals surface area contributed by atoms with Crippen LogP contribution < -0.4 is 10.6 Å². The zero-order chi connectivity index (χ0) is 15.8. The van der Waals surface area contributed by atoms with Gasteiger partial charge in [0, 0.05) is 35.2 Å². The lowest BCUT2D eigenvalue weighted by molar-refractivity contribution is -0.120. The van der Waals surface area contributed by atoms with Gasteiger partial charge in [0.1, 0.15) is 0 Å². The molecule has 0 saturated carbocycles. The van der Waals surface area contributed by atoms with Crippen LogP contribution in [0.2, 0.25) is 10.0 Å². The van der Waals surface area contributed by atoms with Crippen LogP contribution >= 0.6 is 23.2 Å². The first-order valence-corrected chi connectivity index (χ1v) is 7.89. The van der Waals surface area contributed by atoms with E-state index in [0.717, 1.165) is 22.7 Å². The molecule has 2 N–H and O–H groups in total. The van der Waals surface area contributed by atoms with E-state index in [9.17, 15) is 4.79 Å². The molecule has 3 nitrogen and oxygen atoms in total. The van der Waals surface area contributed by atoms with Crippen molar-refractivity contribution in [2.75, 3.05) is 18.4 Å². The molecule has 0 fully saturated rings. The maximum Gasteiger partial charge on any atom is 0.221 e. The Morgan fingerprint density at radius 1 is 0.955 bits per heavy atom. The van der Waals surface area contributed by atoms with Crippen molar-refractivity contribution in [1.29, 1.82) is 0 Å². The van der Waals surface area contributed by atoms with Gasteiger partial charge in [0.05, 0.1) is 0 Å². The smallest absolute Gasteiger partial charge is 0.221 e. The second kappa shape index (κ2) is 8.66. The van der Waals surface area contributed by atoms with Crippen molar-refractivity contribution in [3.8, 4) is 0 Å². The Kier molecular flexibility index (Phi) is 6.56. The Labute approximate surface area is 140 Å². The maximum atomic E-state index is 11.7. The highest BCUT2D eigenvalue weighted by Gasteiger charge is 2.01. The van der Waals surface area contributed by atoms with Gasteiger partial charge in [0.15, 0.2) is 0 Å². The zero-order valence-corrected chi connectivity index (χ0v) is 13.6. The number of anilines is 1. The van der Waals surface area contributed by atoms with Crippen LogP contribution in [0.3, 0.4) is 0 Å². The molecule has 0 spiro atoms. The molecule has 0 saturated heterocycles. The molecule has 0 atom stereocenters. The van der Waals surface area contributed by atoms with Crippen molar-refractivity contribution in [1.82, 2.24) is 5.32 Å². The van der Waals surface area contributed by atoms with Gasteiger partial charge in [-0.2, -0.15) is 0 Å². The van der Waals surface area contributed by atoms with Crippen molar-refractivity contribution < 1.29 is 4.79 Å². The minimum atomic E-state index is 0.0310. The Balaban J connectivity index is 1.62. The Bertz CT molecular complexity index is 614. The predicted molar refractivity (Wildman–Crippen MR) is 92.7 cm³/mol. The van der Waals surface area contributed by atoms with E-state index in [1.807, 2.05) is 48.5 Å². The van der Waals surface area contributed by atoms with Crippen LogP contribution in [0.4, 0.5) is 5.69 Å². The van der Waals surface area contributed by atoms with E-state index in [0.29, 0.717) is 24.5 Å². The lowest BCUT2D eigenvalue weighted by Gasteiger charge is -2.08. The number of nitrogens with one attached hydrogen (secondary N) is 2. The lowest BCUT2D eigenvalue weighted by atomic mass is 10.1. The Hall–Kier alpha value is -1.71. The van der Waals surface area contributed by atoms with Gasteiger partial charge in [-0.1, -0.05) is 41.4 Å². The number of amides is 1. The summed E-state index contributed by atoms with van der Waals surface area (Å²) in [4.78, 5) is 11.7. The molecule has 0 bridgehead atoms. The van der Waals surface area contributed by atoms with E-state index < -0.39 is 0 Å². The third-order valence-electron chi connectivity index (χ3n) is 3.15. The summed E-state index contributed by atoms with van der Waals surface area (Å²) in [7, 11) is 0. The van der Waals surface area contributed by atoms with Crippen LogP contribution in [0.15, 0.2) is 48.5 Å². The van der Waals surface area contributed by atoms with Gasteiger partial charge in [0.2, 0.25) is 5.91 Å². The van der Waals surface area contributed by atoms with Crippen molar-refractivity contribution in [3.63, 3.8) is 0 Å².